The lowest BCUT2D eigenvalue weighted by Gasteiger charge is -2.23. The van der Waals surface area contributed by atoms with Crippen LogP contribution in [0.15, 0.2) is 6.20 Å². The van der Waals surface area contributed by atoms with Gasteiger partial charge in [0.05, 0.1) is 6.20 Å². The second kappa shape index (κ2) is 5.29. The van der Waals surface area contributed by atoms with Crippen LogP contribution in [-0.2, 0) is 0 Å². The van der Waals surface area contributed by atoms with Crippen molar-refractivity contribution in [2.75, 3.05) is 23.3 Å². The Morgan fingerprint density at radius 3 is 3.06 bits per heavy atom. The van der Waals surface area contributed by atoms with Crippen molar-refractivity contribution in [3.8, 4) is 0 Å². The molecule has 0 radical (unpaired) electrons. The van der Waals surface area contributed by atoms with Crippen LogP contribution in [0.2, 0.25) is 0 Å². The van der Waals surface area contributed by atoms with Crippen LogP contribution < -0.4 is 10.2 Å². The molecular formula is C12H19FN4. The Labute approximate surface area is 101 Å². The second-order valence-electron chi connectivity index (χ2n) is 4.48. The minimum Gasteiger partial charge on any atom is -0.354 e. The lowest BCUT2D eigenvalue weighted by Crippen LogP contribution is -2.28. The Morgan fingerprint density at radius 2 is 2.41 bits per heavy atom. The first kappa shape index (κ1) is 12.1. The average Bonchev–Trinajstić information content (AvgIpc) is 2.74. The van der Waals surface area contributed by atoms with Gasteiger partial charge in [-0.05, 0) is 26.2 Å². The molecule has 4 nitrogen and oxygen atoms in total. The molecule has 5 heteroatoms. The summed E-state index contributed by atoms with van der Waals surface area (Å²) in [6, 6.07) is 0.360. The molecular weight excluding hydrogens is 219 g/mol. The first-order chi connectivity index (χ1) is 8.22. The summed E-state index contributed by atoms with van der Waals surface area (Å²) < 4.78 is 13.7. The van der Waals surface area contributed by atoms with E-state index in [-0.39, 0.29) is 5.82 Å². The van der Waals surface area contributed by atoms with Gasteiger partial charge >= 0.3 is 0 Å². The zero-order valence-corrected chi connectivity index (χ0v) is 10.4. The summed E-state index contributed by atoms with van der Waals surface area (Å²) in [7, 11) is 0. The predicted octanol–water partition coefficient (Wildman–Crippen LogP) is 2.43. The van der Waals surface area contributed by atoms with Gasteiger partial charge in [-0.2, -0.15) is 4.98 Å². The molecule has 1 aromatic rings. The molecule has 1 atom stereocenters. The van der Waals surface area contributed by atoms with Gasteiger partial charge < -0.3 is 10.2 Å². The fourth-order valence-corrected chi connectivity index (χ4v) is 2.13. The van der Waals surface area contributed by atoms with Gasteiger partial charge in [-0.3, -0.25) is 0 Å². The van der Waals surface area contributed by atoms with Crippen LogP contribution in [-0.4, -0.2) is 29.1 Å². The summed E-state index contributed by atoms with van der Waals surface area (Å²) in [5, 5.41) is 3.08. The van der Waals surface area contributed by atoms with Crippen LogP contribution in [0, 0.1) is 5.82 Å². The summed E-state index contributed by atoms with van der Waals surface area (Å²) in [5.41, 5.74) is 0. The summed E-state index contributed by atoms with van der Waals surface area (Å²) >= 11 is 0. The van der Waals surface area contributed by atoms with Crippen LogP contribution in [0.3, 0.4) is 0 Å². The highest BCUT2D eigenvalue weighted by atomic mass is 19.1. The minimum atomic E-state index is -0.333. The zero-order valence-electron chi connectivity index (χ0n) is 10.4. The fraction of sp³-hybridized carbons (Fsp3) is 0.667. The van der Waals surface area contributed by atoms with E-state index in [4.69, 9.17) is 0 Å². The maximum atomic E-state index is 13.7. The normalized spacial score (nSPS) is 19.7. The van der Waals surface area contributed by atoms with Crippen molar-refractivity contribution < 1.29 is 4.39 Å². The Balaban J connectivity index is 2.19. The highest BCUT2D eigenvalue weighted by Gasteiger charge is 2.24. The van der Waals surface area contributed by atoms with Crippen LogP contribution in [0.1, 0.15) is 33.1 Å². The molecule has 1 aliphatic heterocycles. The van der Waals surface area contributed by atoms with E-state index >= 15 is 0 Å². The highest BCUT2D eigenvalue weighted by molar-refractivity contribution is 5.45. The van der Waals surface area contributed by atoms with E-state index in [1.807, 2.05) is 4.90 Å². The topological polar surface area (TPSA) is 41.1 Å². The third kappa shape index (κ3) is 2.65. The predicted molar refractivity (Wildman–Crippen MR) is 66.8 cm³/mol. The van der Waals surface area contributed by atoms with Gasteiger partial charge in [0.1, 0.15) is 0 Å². The molecule has 1 fully saturated rings. The molecule has 1 unspecified atom stereocenters. The van der Waals surface area contributed by atoms with Gasteiger partial charge in [-0.15, -0.1) is 0 Å². The van der Waals surface area contributed by atoms with Gasteiger partial charge in [0.25, 0.3) is 0 Å². The van der Waals surface area contributed by atoms with Crippen molar-refractivity contribution in [3.05, 3.63) is 12.0 Å². The lowest BCUT2D eigenvalue weighted by molar-refractivity contribution is 0.598. The van der Waals surface area contributed by atoms with Crippen LogP contribution in [0.5, 0.6) is 0 Å². The number of nitrogens with zero attached hydrogens (tertiary/aromatic N) is 3. The van der Waals surface area contributed by atoms with Crippen molar-refractivity contribution in [1.29, 1.82) is 0 Å². The number of anilines is 2. The molecule has 2 rings (SSSR count). The molecule has 94 valence electrons. The minimum absolute atomic E-state index is 0.333. The third-order valence-electron chi connectivity index (χ3n) is 3.08. The number of nitrogens with one attached hydrogen (secondary N) is 1. The first-order valence-corrected chi connectivity index (χ1v) is 6.25. The molecule has 0 saturated carbocycles. The van der Waals surface area contributed by atoms with Crippen molar-refractivity contribution in [3.63, 3.8) is 0 Å². The lowest BCUT2D eigenvalue weighted by atomic mass is 10.2. The smallest absolute Gasteiger partial charge is 0.224 e. The standard InChI is InChI=1S/C12H19FN4/c1-3-6-14-12-15-8-10(13)11(16-12)17-7-4-5-9(17)2/h8-9H,3-7H2,1-2H3,(H,14,15,16). The number of aromatic nitrogens is 2. The van der Waals surface area contributed by atoms with Gasteiger partial charge in [0, 0.05) is 19.1 Å². The van der Waals surface area contributed by atoms with Crippen molar-refractivity contribution in [1.82, 2.24) is 9.97 Å². The second-order valence-corrected chi connectivity index (χ2v) is 4.48. The molecule has 0 amide bonds. The Hall–Kier alpha value is -1.39. The van der Waals surface area contributed by atoms with E-state index < -0.39 is 0 Å². The van der Waals surface area contributed by atoms with Crippen LogP contribution in [0.4, 0.5) is 16.2 Å². The summed E-state index contributed by atoms with van der Waals surface area (Å²) in [6.45, 7) is 5.86. The molecule has 17 heavy (non-hydrogen) atoms. The van der Waals surface area contributed by atoms with E-state index in [9.17, 15) is 4.39 Å². The van der Waals surface area contributed by atoms with Crippen molar-refractivity contribution in [2.45, 2.75) is 39.2 Å². The largest absolute Gasteiger partial charge is 0.354 e. The summed E-state index contributed by atoms with van der Waals surface area (Å²) in [6.07, 6.45) is 4.45. The van der Waals surface area contributed by atoms with Crippen LogP contribution >= 0.6 is 0 Å². The summed E-state index contributed by atoms with van der Waals surface area (Å²) in [5.74, 6) is 0.617. The molecule has 1 aliphatic rings. The van der Waals surface area contributed by atoms with Gasteiger partial charge in [-0.1, -0.05) is 6.92 Å². The van der Waals surface area contributed by atoms with Crippen LogP contribution in [0.25, 0.3) is 0 Å². The van der Waals surface area contributed by atoms with Gasteiger partial charge in [-0.25, -0.2) is 9.37 Å². The van der Waals surface area contributed by atoms with E-state index in [0.717, 1.165) is 32.4 Å². The zero-order chi connectivity index (χ0) is 12.3. The van der Waals surface area contributed by atoms with E-state index in [1.54, 1.807) is 0 Å². The number of rotatable bonds is 4. The summed E-state index contributed by atoms with van der Waals surface area (Å²) in [4.78, 5) is 10.2. The van der Waals surface area contributed by atoms with Crippen molar-refractivity contribution >= 4 is 11.8 Å². The average molecular weight is 238 g/mol. The van der Waals surface area contributed by atoms with E-state index in [0.29, 0.717) is 17.8 Å². The molecule has 0 aliphatic carbocycles. The Bertz CT molecular complexity index is 383. The maximum Gasteiger partial charge on any atom is 0.224 e. The number of halogens is 1. The molecule has 1 aromatic heterocycles. The molecule has 0 aromatic carbocycles. The molecule has 0 spiro atoms. The molecule has 0 bridgehead atoms. The van der Waals surface area contributed by atoms with Crippen molar-refractivity contribution in [2.24, 2.45) is 0 Å². The molecule has 1 saturated heterocycles. The quantitative estimate of drug-likeness (QED) is 0.874. The highest BCUT2D eigenvalue weighted by Crippen LogP contribution is 2.26. The first-order valence-electron chi connectivity index (χ1n) is 6.25. The maximum absolute atomic E-state index is 13.7. The van der Waals surface area contributed by atoms with Gasteiger partial charge in [0.2, 0.25) is 5.95 Å². The Morgan fingerprint density at radius 1 is 1.59 bits per heavy atom. The molecule has 1 N–H and O–H groups in total. The Kier molecular flexibility index (Phi) is 3.76. The number of hydrogen-bond acceptors (Lipinski definition) is 4. The molecule has 2 heterocycles. The van der Waals surface area contributed by atoms with E-state index in [1.165, 1.54) is 6.20 Å². The third-order valence-corrected chi connectivity index (χ3v) is 3.08. The number of hydrogen-bond donors (Lipinski definition) is 1. The van der Waals surface area contributed by atoms with E-state index in [2.05, 4.69) is 29.1 Å². The fourth-order valence-electron chi connectivity index (χ4n) is 2.13. The monoisotopic (exact) mass is 238 g/mol. The van der Waals surface area contributed by atoms with Gasteiger partial charge in [0.15, 0.2) is 11.6 Å². The SMILES string of the molecule is CCCNc1ncc(F)c(N2CCCC2C)n1.